The molecule has 0 bridgehead atoms. The van der Waals surface area contributed by atoms with Gasteiger partial charge < -0.3 is 4.74 Å². The summed E-state index contributed by atoms with van der Waals surface area (Å²) < 4.78 is 5.31. The quantitative estimate of drug-likeness (QED) is 0.517. The monoisotopic (exact) mass is 168 g/mol. The molecule has 1 heterocycles. The van der Waals surface area contributed by atoms with E-state index in [1.807, 2.05) is 6.92 Å². The molecule has 2 heteroatoms. The number of ether oxygens (including phenoxy) is 1. The molecule has 0 spiro atoms. The highest BCUT2D eigenvalue weighted by atomic mass is 16.6. The Morgan fingerprint density at radius 3 is 2.83 bits per heavy atom. The van der Waals surface area contributed by atoms with Crippen LogP contribution < -0.4 is 0 Å². The minimum atomic E-state index is 0.0269. The van der Waals surface area contributed by atoms with E-state index >= 15 is 0 Å². The van der Waals surface area contributed by atoms with Crippen molar-refractivity contribution in [1.29, 1.82) is 0 Å². The van der Waals surface area contributed by atoms with Crippen LogP contribution >= 0.6 is 0 Å². The van der Waals surface area contributed by atoms with Crippen molar-refractivity contribution in [3.05, 3.63) is 0 Å². The Morgan fingerprint density at radius 2 is 2.08 bits per heavy atom. The SMILES string of the molecule is C[C@@H]1CC[C@@H]2[C@H](C)C(=O)O[C@@H]2C1. The number of carbonyl (C=O) groups excluding carboxylic acids is 1. The first kappa shape index (κ1) is 8.09. The molecule has 0 amide bonds. The van der Waals surface area contributed by atoms with Crippen molar-refractivity contribution in [2.75, 3.05) is 0 Å². The summed E-state index contributed by atoms with van der Waals surface area (Å²) in [5.41, 5.74) is 0. The van der Waals surface area contributed by atoms with Crippen molar-refractivity contribution in [1.82, 2.24) is 0 Å². The lowest BCUT2D eigenvalue weighted by Crippen LogP contribution is -2.27. The minimum Gasteiger partial charge on any atom is -0.462 e. The van der Waals surface area contributed by atoms with Gasteiger partial charge in [-0.15, -0.1) is 0 Å². The van der Waals surface area contributed by atoms with Gasteiger partial charge in [-0.1, -0.05) is 20.3 Å². The molecular formula is C10H16O2. The topological polar surface area (TPSA) is 26.3 Å². The van der Waals surface area contributed by atoms with Gasteiger partial charge in [-0.2, -0.15) is 0 Å². The Balaban J connectivity index is 2.09. The Kier molecular flexibility index (Phi) is 1.85. The standard InChI is InChI=1S/C10H16O2/c1-6-3-4-8-7(2)10(11)12-9(8)5-6/h6-9H,3-5H2,1-2H3/t6-,7+,8-,9-/m1/s1. The number of carbonyl (C=O) groups is 1. The van der Waals surface area contributed by atoms with Gasteiger partial charge in [0.2, 0.25) is 0 Å². The summed E-state index contributed by atoms with van der Waals surface area (Å²) in [7, 11) is 0. The summed E-state index contributed by atoms with van der Waals surface area (Å²) in [6.45, 7) is 4.25. The van der Waals surface area contributed by atoms with E-state index in [2.05, 4.69) is 6.92 Å². The van der Waals surface area contributed by atoms with Crippen molar-refractivity contribution in [2.45, 2.75) is 39.2 Å². The molecule has 1 aliphatic heterocycles. The molecule has 2 rings (SSSR count). The fourth-order valence-corrected chi connectivity index (χ4v) is 2.49. The van der Waals surface area contributed by atoms with Crippen LogP contribution in [0.5, 0.6) is 0 Å². The molecule has 0 N–H and O–H groups in total. The van der Waals surface area contributed by atoms with E-state index in [-0.39, 0.29) is 18.0 Å². The van der Waals surface area contributed by atoms with E-state index < -0.39 is 0 Å². The van der Waals surface area contributed by atoms with Crippen LogP contribution in [0.15, 0.2) is 0 Å². The Labute approximate surface area is 73.3 Å². The van der Waals surface area contributed by atoms with Gasteiger partial charge in [0.05, 0.1) is 5.92 Å². The van der Waals surface area contributed by atoms with Gasteiger partial charge in [0.15, 0.2) is 0 Å². The van der Waals surface area contributed by atoms with Crippen LogP contribution in [0.25, 0.3) is 0 Å². The molecule has 0 radical (unpaired) electrons. The first-order valence-electron chi connectivity index (χ1n) is 4.89. The normalized spacial score (nSPS) is 47.0. The summed E-state index contributed by atoms with van der Waals surface area (Å²) >= 11 is 0. The van der Waals surface area contributed by atoms with Crippen LogP contribution in [0.3, 0.4) is 0 Å². The van der Waals surface area contributed by atoms with E-state index in [4.69, 9.17) is 4.74 Å². The van der Waals surface area contributed by atoms with Crippen molar-refractivity contribution in [3.8, 4) is 0 Å². The zero-order valence-corrected chi connectivity index (χ0v) is 7.75. The van der Waals surface area contributed by atoms with Crippen LogP contribution in [-0.2, 0) is 9.53 Å². The predicted octanol–water partition coefficient (Wildman–Crippen LogP) is 1.98. The second kappa shape index (κ2) is 2.75. The molecule has 12 heavy (non-hydrogen) atoms. The zero-order valence-electron chi connectivity index (χ0n) is 7.75. The number of esters is 1. The van der Waals surface area contributed by atoms with E-state index in [0.717, 1.165) is 12.3 Å². The van der Waals surface area contributed by atoms with Gasteiger partial charge >= 0.3 is 5.97 Å². The third-order valence-electron chi connectivity index (χ3n) is 3.39. The predicted molar refractivity (Wildman–Crippen MR) is 45.5 cm³/mol. The van der Waals surface area contributed by atoms with Gasteiger partial charge in [-0.3, -0.25) is 4.79 Å². The fraction of sp³-hybridized carbons (Fsp3) is 0.900. The molecule has 2 fully saturated rings. The lowest BCUT2D eigenvalue weighted by molar-refractivity contribution is -0.144. The molecule has 68 valence electrons. The first-order valence-corrected chi connectivity index (χ1v) is 4.89. The highest BCUT2D eigenvalue weighted by Crippen LogP contribution is 2.40. The Hall–Kier alpha value is -0.530. The maximum absolute atomic E-state index is 11.2. The van der Waals surface area contributed by atoms with E-state index in [1.54, 1.807) is 0 Å². The second-order valence-corrected chi connectivity index (χ2v) is 4.35. The summed E-state index contributed by atoms with van der Waals surface area (Å²) in [6.07, 6.45) is 3.78. The lowest BCUT2D eigenvalue weighted by atomic mass is 9.77. The van der Waals surface area contributed by atoms with Gasteiger partial charge in [0, 0.05) is 5.92 Å². The number of hydrogen-bond acceptors (Lipinski definition) is 2. The molecule has 4 atom stereocenters. The van der Waals surface area contributed by atoms with Gasteiger partial charge in [0.25, 0.3) is 0 Å². The highest BCUT2D eigenvalue weighted by molar-refractivity contribution is 5.74. The molecule has 1 saturated carbocycles. The molecule has 2 nitrogen and oxygen atoms in total. The summed E-state index contributed by atoms with van der Waals surface area (Å²) in [5.74, 6) is 1.44. The number of hydrogen-bond donors (Lipinski definition) is 0. The smallest absolute Gasteiger partial charge is 0.309 e. The second-order valence-electron chi connectivity index (χ2n) is 4.35. The molecule has 0 aromatic carbocycles. The first-order chi connectivity index (χ1) is 5.68. The van der Waals surface area contributed by atoms with Gasteiger partial charge in [0.1, 0.15) is 6.10 Å². The van der Waals surface area contributed by atoms with Crippen LogP contribution in [-0.4, -0.2) is 12.1 Å². The average Bonchev–Trinajstić information content (AvgIpc) is 2.28. The molecule has 1 aliphatic carbocycles. The van der Waals surface area contributed by atoms with Crippen LogP contribution in [0.1, 0.15) is 33.1 Å². The third-order valence-corrected chi connectivity index (χ3v) is 3.39. The summed E-state index contributed by atoms with van der Waals surface area (Å²) in [6, 6.07) is 0. The van der Waals surface area contributed by atoms with Gasteiger partial charge in [-0.05, 0) is 18.8 Å². The number of fused-ring (bicyclic) bond motifs is 1. The third kappa shape index (κ3) is 1.13. The Morgan fingerprint density at radius 1 is 1.33 bits per heavy atom. The highest BCUT2D eigenvalue weighted by Gasteiger charge is 2.43. The van der Waals surface area contributed by atoms with Crippen LogP contribution in [0, 0.1) is 17.8 Å². The van der Waals surface area contributed by atoms with E-state index in [1.165, 1.54) is 12.8 Å². The molecule has 0 unspecified atom stereocenters. The van der Waals surface area contributed by atoms with E-state index in [0.29, 0.717) is 5.92 Å². The van der Waals surface area contributed by atoms with E-state index in [9.17, 15) is 4.79 Å². The lowest BCUT2D eigenvalue weighted by Gasteiger charge is -2.28. The zero-order chi connectivity index (χ0) is 8.72. The maximum Gasteiger partial charge on any atom is 0.309 e. The summed E-state index contributed by atoms with van der Waals surface area (Å²) in [4.78, 5) is 11.2. The van der Waals surface area contributed by atoms with Crippen LogP contribution in [0.2, 0.25) is 0 Å². The largest absolute Gasteiger partial charge is 0.462 e. The molecule has 2 aliphatic rings. The summed E-state index contributed by atoms with van der Waals surface area (Å²) in [5, 5.41) is 0. The molecular weight excluding hydrogens is 152 g/mol. The van der Waals surface area contributed by atoms with Crippen molar-refractivity contribution >= 4 is 5.97 Å². The van der Waals surface area contributed by atoms with Crippen LogP contribution in [0.4, 0.5) is 0 Å². The molecule has 1 saturated heterocycles. The Bertz CT molecular complexity index is 200. The molecule has 0 aromatic heterocycles. The van der Waals surface area contributed by atoms with Gasteiger partial charge in [-0.25, -0.2) is 0 Å². The van der Waals surface area contributed by atoms with Crippen molar-refractivity contribution < 1.29 is 9.53 Å². The maximum atomic E-state index is 11.2. The molecule has 0 aromatic rings. The van der Waals surface area contributed by atoms with Crippen molar-refractivity contribution in [2.24, 2.45) is 17.8 Å². The number of rotatable bonds is 0. The van der Waals surface area contributed by atoms with Crippen molar-refractivity contribution in [3.63, 3.8) is 0 Å². The average molecular weight is 168 g/mol. The minimum absolute atomic E-state index is 0.0269. The fourth-order valence-electron chi connectivity index (χ4n) is 2.49.